The van der Waals surface area contributed by atoms with E-state index in [0.717, 1.165) is 0 Å². The van der Waals surface area contributed by atoms with Gasteiger partial charge in [0.1, 0.15) is 28.2 Å². The first-order chi connectivity index (χ1) is 62.8. The Morgan fingerprint density at radius 3 is 0.815 bits per heavy atom. The van der Waals surface area contributed by atoms with E-state index in [-0.39, 0.29) is 0 Å². The third kappa shape index (κ3) is 19.8. The topological polar surface area (TPSA) is 22.0 Å². The van der Waals surface area contributed by atoms with Crippen molar-refractivity contribution in [3.8, 4) is 112 Å². The molecular formula is C124H128N6+4. The molecule has 4 aromatic heterocycles. The van der Waals surface area contributed by atoms with Gasteiger partial charge in [-0.1, -0.05) is 273 Å². The lowest BCUT2D eigenvalue weighted by Crippen LogP contribution is -2.32. The number of hydrogen-bond donors (Lipinski definition) is 0. The molecule has 14 aromatic carbocycles. The molecule has 0 aliphatic carbocycles. The van der Waals surface area contributed by atoms with Crippen LogP contribution in [-0.2, 0) is 28.2 Å². The SMILES string of the molecule is Cc1ccc(-c2ccc3cc(-c4cc(-c5ccccc5C)[n+](C)cc4C(C)C)ccc3c2)cc1.Cc1ccccc1-c1cc(-c2ccc3cc(-c4ccccc4)ccc3c2)c(C(C)C)c[n+]1C.Cc1ccccc1-c1cc(-c2ccc3cc(N(C)C)ccc3c2)c(C(C)C)c[n+]1C.Cc1ccccc1-c1cc(-c2ccc3cc(N4CCCCC4)ccc3c2)c(C(C)C)c[n+]1C. The molecule has 650 valence electrons. The van der Waals surface area contributed by atoms with Gasteiger partial charge in [0.25, 0.3) is 0 Å². The zero-order chi connectivity index (χ0) is 91.1. The first-order valence-corrected chi connectivity index (χ1v) is 46.9. The minimum atomic E-state index is 0.437. The number of nitrogens with zero attached hydrogens (tertiary/aromatic N) is 6. The summed E-state index contributed by atoms with van der Waals surface area (Å²) in [5.74, 6) is 1.78. The van der Waals surface area contributed by atoms with Gasteiger partial charge in [0.15, 0.2) is 24.8 Å². The fraction of sp³-hybridized carbons (Fsp3) is 0.226. The molecule has 0 amide bonds. The molecule has 6 heteroatoms. The van der Waals surface area contributed by atoms with E-state index in [0.29, 0.717) is 23.7 Å². The van der Waals surface area contributed by atoms with Gasteiger partial charge >= 0.3 is 0 Å². The Bertz CT molecular complexity index is 7160. The molecule has 6 nitrogen and oxygen atoms in total. The first kappa shape index (κ1) is 89.7. The van der Waals surface area contributed by atoms with E-state index in [1.165, 1.54) is 249 Å². The summed E-state index contributed by atoms with van der Waals surface area (Å²) in [6, 6.07) is 118. The van der Waals surface area contributed by atoms with Gasteiger partial charge in [-0.15, -0.1) is 0 Å². The Morgan fingerprint density at radius 2 is 0.500 bits per heavy atom. The molecule has 0 radical (unpaired) electrons. The van der Waals surface area contributed by atoms with Gasteiger partial charge in [0, 0.05) is 107 Å². The van der Waals surface area contributed by atoms with Crippen molar-refractivity contribution in [2.45, 2.75) is 133 Å². The van der Waals surface area contributed by atoms with Crippen LogP contribution in [0.15, 0.2) is 346 Å². The Labute approximate surface area is 773 Å². The van der Waals surface area contributed by atoms with E-state index in [2.05, 4.69) is 507 Å². The van der Waals surface area contributed by atoms with Gasteiger partial charge in [-0.25, -0.2) is 18.3 Å². The van der Waals surface area contributed by atoms with Gasteiger partial charge in [0.2, 0.25) is 22.8 Å². The van der Waals surface area contributed by atoms with E-state index in [1.54, 1.807) is 0 Å². The molecule has 1 aliphatic rings. The number of aryl methyl sites for hydroxylation is 9. The third-order valence-electron chi connectivity index (χ3n) is 26.7. The molecule has 0 saturated carbocycles. The average Bonchev–Trinajstić information content (AvgIpc) is 0.812. The second-order valence-corrected chi connectivity index (χ2v) is 37.7. The maximum absolute atomic E-state index is 2.54. The second-order valence-electron chi connectivity index (χ2n) is 37.7. The van der Waals surface area contributed by atoms with Crippen LogP contribution in [0.3, 0.4) is 0 Å². The number of aromatic nitrogens is 4. The number of rotatable bonds is 16. The summed E-state index contributed by atoms with van der Waals surface area (Å²) < 4.78 is 9.10. The van der Waals surface area contributed by atoms with Crippen molar-refractivity contribution in [2.75, 3.05) is 37.0 Å². The molecule has 1 fully saturated rings. The molecule has 19 rings (SSSR count). The van der Waals surface area contributed by atoms with Crippen molar-refractivity contribution in [2.24, 2.45) is 28.2 Å². The summed E-state index contributed by atoms with van der Waals surface area (Å²) in [6.45, 7) is 31.5. The van der Waals surface area contributed by atoms with Gasteiger partial charge in [-0.05, 0) is 295 Å². The average molecular weight is 1700 g/mol. The summed E-state index contributed by atoms with van der Waals surface area (Å²) in [4.78, 5) is 4.69. The Balaban J connectivity index is 0.000000127. The molecule has 0 spiro atoms. The van der Waals surface area contributed by atoms with Crippen LogP contribution in [0.1, 0.15) is 148 Å². The fourth-order valence-electron chi connectivity index (χ4n) is 19.0. The molecule has 5 heterocycles. The van der Waals surface area contributed by atoms with Crippen LogP contribution in [0.5, 0.6) is 0 Å². The van der Waals surface area contributed by atoms with E-state index in [4.69, 9.17) is 0 Å². The predicted molar refractivity (Wildman–Crippen MR) is 555 cm³/mol. The van der Waals surface area contributed by atoms with Crippen molar-refractivity contribution in [3.05, 3.63) is 396 Å². The van der Waals surface area contributed by atoms with Gasteiger partial charge in [-0.3, -0.25) is 0 Å². The zero-order valence-corrected chi connectivity index (χ0v) is 79.9. The highest BCUT2D eigenvalue weighted by Gasteiger charge is 2.27. The van der Waals surface area contributed by atoms with Crippen LogP contribution < -0.4 is 28.1 Å². The standard InChI is InChI=1S/C33H32N.C32H30N.C31H35N2.C28H31N2/c1-22(2)32-21-34(5)33(30-9-7-6-8-24(30)4)20-31(32)29-17-16-27-18-26(14-15-28(27)19-29)25-12-10-23(3)11-13-25;1-22(2)31-21-33(4)32(29-13-9-8-10-23(29)3)20-30(31)28-17-16-26-18-25(14-15-27(26)19-28)24-11-6-5-7-12-24;1-22(2)30-21-32(4)31(28-11-7-6-10-23(28)3)20-29(30)26-13-12-25-19-27(15-14-24(25)18-26)33-16-8-5-9-17-33;1-19(2)27-18-30(6)28(25-10-8-7-9-20(25)3)17-26(27)23-12-11-22-16-24(29(4)5)14-13-21(22)15-23/h6-22H,1-5H3;5-22H,1-4H3;6-7,10-15,18-22H,5,8-9,16-17H2,1-4H3;7-19H,1-6H3/q4*+1. The molecule has 0 N–H and O–H groups in total. The van der Waals surface area contributed by atoms with Crippen LogP contribution in [0, 0.1) is 34.6 Å². The summed E-state index contributed by atoms with van der Waals surface area (Å²) in [5.41, 5.74) is 40.2. The zero-order valence-electron chi connectivity index (χ0n) is 79.9. The van der Waals surface area contributed by atoms with Crippen LogP contribution in [0.25, 0.3) is 155 Å². The molecule has 1 saturated heterocycles. The Morgan fingerprint density at radius 1 is 0.238 bits per heavy atom. The van der Waals surface area contributed by atoms with Crippen LogP contribution in [0.4, 0.5) is 11.4 Å². The minimum absolute atomic E-state index is 0.437. The normalized spacial score (nSPS) is 12.1. The van der Waals surface area contributed by atoms with E-state index < -0.39 is 0 Å². The molecular weight excluding hydrogens is 1570 g/mol. The van der Waals surface area contributed by atoms with Gasteiger partial charge in [0.05, 0.1) is 0 Å². The number of hydrogen-bond acceptors (Lipinski definition) is 2. The third-order valence-corrected chi connectivity index (χ3v) is 26.7. The maximum atomic E-state index is 2.54. The highest BCUT2D eigenvalue weighted by molar-refractivity contribution is 5.96. The highest BCUT2D eigenvalue weighted by Crippen LogP contribution is 2.42. The van der Waals surface area contributed by atoms with Crippen LogP contribution in [0.2, 0.25) is 0 Å². The number of anilines is 2. The lowest BCUT2D eigenvalue weighted by molar-refractivity contribution is -0.660. The quantitative estimate of drug-likeness (QED) is 0.0900. The number of piperidine rings is 1. The molecule has 0 unspecified atom stereocenters. The van der Waals surface area contributed by atoms with Gasteiger partial charge < -0.3 is 9.80 Å². The second kappa shape index (κ2) is 39.5. The van der Waals surface area contributed by atoms with E-state index in [9.17, 15) is 0 Å². The molecule has 18 aromatic rings. The number of pyridine rings is 4. The van der Waals surface area contributed by atoms with Crippen molar-refractivity contribution in [1.82, 2.24) is 0 Å². The smallest absolute Gasteiger partial charge is 0.213 e. The Hall–Kier alpha value is -13.7. The summed E-state index contributed by atoms with van der Waals surface area (Å²) in [6.07, 6.45) is 13.2. The summed E-state index contributed by atoms with van der Waals surface area (Å²) in [5, 5.41) is 10.3. The van der Waals surface area contributed by atoms with E-state index >= 15 is 0 Å². The van der Waals surface area contributed by atoms with Crippen LogP contribution >= 0.6 is 0 Å². The largest absolute Gasteiger partial charge is 0.378 e. The number of benzene rings is 14. The lowest BCUT2D eigenvalue weighted by atomic mass is 9.90. The lowest BCUT2D eigenvalue weighted by Gasteiger charge is -2.29. The molecule has 0 bridgehead atoms. The minimum Gasteiger partial charge on any atom is -0.378 e. The molecule has 130 heavy (non-hydrogen) atoms. The number of fused-ring (bicyclic) bond motifs is 4. The van der Waals surface area contributed by atoms with Crippen molar-refractivity contribution in [3.63, 3.8) is 0 Å². The van der Waals surface area contributed by atoms with Crippen molar-refractivity contribution in [1.29, 1.82) is 0 Å². The van der Waals surface area contributed by atoms with Gasteiger partial charge in [-0.2, -0.15) is 0 Å². The van der Waals surface area contributed by atoms with Crippen molar-refractivity contribution < 1.29 is 18.3 Å². The summed E-state index contributed by atoms with van der Waals surface area (Å²) >= 11 is 0. The van der Waals surface area contributed by atoms with E-state index in [1.807, 2.05) is 0 Å². The first-order valence-electron chi connectivity index (χ1n) is 46.9. The fourth-order valence-corrected chi connectivity index (χ4v) is 19.0. The maximum Gasteiger partial charge on any atom is 0.213 e. The monoisotopic (exact) mass is 1700 g/mol. The van der Waals surface area contributed by atoms with Crippen molar-refractivity contribution >= 4 is 54.5 Å². The molecule has 1 aliphatic heterocycles. The highest BCUT2D eigenvalue weighted by atomic mass is 15.1. The molecule has 0 atom stereocenters. The summed E-state index contributed by atoms with van der Waals surface area (Å²) in [7, 11) is 12.8. The predicted octanol–water partition coefficient (Wildman–Crippen LogP) is 30.4. The Kier molecular flexibility index (Phi) is 27.3. The van der Waals surface area contributed by atoms with Crippen LogP contribution in [-0.4, -0.2) is 27.2 Å².